The van der Waals surface area contributed by atoms with E-state index in [2.05, 4.69) is 31.6 Å². The van der Waals surface area contributed by atoms with Crippen LogP contribution in [0.2, 0.25) is 10.0 Å². The third-order valence-corrected chi connectivity index (χ3v) is 7.03. The van der Waals surface area contributed by atoms with Crippen LogP contribution in [0.15, 0.2) is 71.7 Å². The summed E-state index contributed by atoms with van der Waals surface area (Å²) >= 11 is 12.8. The van der Waals surface area contributed by atoms with Crippen LogP contribution in [0.1, 0.15) is 20.7 Å². The van der Waals surface area contributed by atoms with Gasteiger partial charge in [0.15, 0.2) is 5.96 Å². The van der Waals surface area contributed by atoms with Gasteiger partial charge in [-0.05, 0) is 41.5 Å². The Morgan fingerprint density at radius 2 is 1.70 bits per heavy atom. The molecule has 230 valence electrons. The van der Waals surface area contributed by atoms with Crippen LogP contribution in [0.5, 0.6) is 0 Å². The van der Waals surface area contributed by atoms with E-state index < -0.39 is 42.4 Å². The minimum atomic E-state index is -1.27. The Morgan fingerprint density at radius 1 is 0.977 bits per heavy atom. The maximum Gasteiger partial charge on any atom is 0.330 e. The van der Waals surface area contributed by atoms with E-state index in [0.29, 0.717) is 23.8 Å². The number of nitrogens with zero attached hydrogens (tertiary/aromatic N) is 1. The first kappa shape index (κ1) is 32.3. The number of ether oxygens (including phenoxy) is 1. The van der Waals surface area contributed by atoms with E-state index in [0.717, 1.165) is 12.7 Å². The Balaban J connectivity index is 1.32. The Morgan fingerprint density at radius 3 is 2.36 bits per heavy atom. The predicted octanol–water partition coefficient (Wildman–Crippen LogP) is 2.21. The van der Waals surface area contributed by atoms with Crippen molar-refractivity contribution < 1.29 is 29.0 Å². The molecule has 44 heavy (non-hydrogen) atoms. The number of esters is 1. The van der Waals surface area contributed by atoms with Gasteiger partial charge in [0.05, 0.1) is 41.9 Å². The van der Waals surface area contributed by atoms with Crippen molar-refractivity contribution in [1.29, 1.82) is 0 Å². The van der Waals surface area contributed by atoms with Gasteiger partial charge in [0.2, 0.25) is 5.91 Å². The molecule has 0 bridgehead atoms. The first-order valence-electron chi connectivity index (χ1n) is 13.5. The molecular formula is C30H30Cl2N6O6. The molecule has 1 aliphatic rings. The lowest BCUT2D eigenvalue weighted by atomic mass is 10.0. The molecule has 0 saturated carbocycles. The summed E-state index contributed by atoms with van der Waals surface area (Å²) in [5.74, 6) is -2.21. The number of hydrogen-bond acceptors (Lipinski definition) is 9. The summed E-state index contributed by atoms with van der Waals surface area (Å²) in [5, 5.41) is 23.1. The summed E-state index contributed by atoms with van der Waals surface area (Å²) < 4.78 is 4.77. The first-order chi connectivity index (χ1) is 21.1. The smallest absolute Gasteiger partial charge is 0.330 e. The van der Waals surface area contributed by atoms with E-state index >= 15 is 0 Å². The zero-order chi connectivity index (χ0) is 31.6. The van der Waals surface area contributed by atoms with E-state index in [9.17, 15) is 24.3 Å². The number of methoxy groups -OCH3 is 1. The van der Waals surface area contributed by atoms with E-state index in [1.165, 1.54) is 0 Å². The number of halogens is 2. The average Bonchev–Trinajstić information content (AvgIpc) is 3.02. The van der Waals surface area contributed by atoms with Crippen LogP contribution in [-0.2, 0) is 14.3 Å². The zero-order valence-corrected chi connectivity index (χ0v) is 25.0. The predicted molar refractivity (Wildman–Crippen MR) is 167 cm³/mol. The minimum absolute atomic E-state index is 0.0406. The fraction of sp³-hybridized carbons (Fsp3) is 0.233. The molecular weight excluding hydrogens is 611 g/mol. The number of amides is 3. The summed E-state index contributed by atoms with van der Waals surface area (Å²) in [6.07, 6.45) is -0.558. The topological polar surface area (TPSA) is 170 Å². The summed E-state index contributed by atoms with van der Waals surface area (Å²) in [5.41, 5.74) is 2.38. The number of guanidine groups is 1. The second kappa shape index (κ2) is 15.2. The maximum absolute atomic E-state index is 13.1. The van der Waals surface area contributed by atoms with E-state index in [1.807, 2.05) is 30.3 Å². The summed E-state index contributed by atoms with van der Waals surface area (Å²) in [7, 11) is 1.14. The molecule has 0 saturated heterocycles. The van der Waals surface area contributed by atoms with Gasteiger partial charge in [0, 0.05) is 24.3 Å². The molecule has 6 N–H and O–H groups in total. The first-order valence-corrected chi connectivity index (χ1v) is 14.2. The molecule has 0 aliphatic carbocycles. The fourth-order valence-electron chi connectivity index (χ4n) is 4.18. The molecule has 1 aliphatic heterocycles. The van der Waals surface area contributed by atoms with Crippen LogP contribution in [0, 0.1) is 0 Å². The SMILES string of the molecule is COC(=O)[C@H](CNC(=O)CNC(=O)c1cccc(NC2=NC[C@@H](O)CN2)c1)NC(=O)c1c(Cl)cc(-c2ccccc2)cc1Cl. The van der Waals surface area contributed by atoms with Crippen LogP contribution in [-0.4, -0.2) is 80.2 Å². The Labute approximate surface area is 263 Å². The molecule has 4 rings (SSSR count). The minimum Gasteiger partial charge on any atom is -0.467 e. The number of carbonyl (C=O) groups is 4. The van der Waals surface area contributed by atoms with Crippen LogP contribution in [0.25, 0.3) is 11.1 Å². The van der Waals surface area contributed by atoms with Gasteiger partial charge >= 0.3 is 5.97 Å². The van der Waals surface area contributed by atoms with Crippen molar-refractivity contribution in [2.75, 3.05) is 38.6 Å². The Bertz CT molecular complexity index is 1550. The number of carbonyl (C=O) groups excluding carboxylic acids is 4. The fourth-order valence-corrected chi connectivity index (χ4v) is 4.84. The number of aliphatic hydroxyl groups excluding tert-OH is 1. The van der Waals surface area contributed by atoms with E-state index in [1.54, 1.807) is 36.4 Å². The summed E-state index contributed by atoms with van der Waals surface area (Å²) in [6.45, 7) is -0.115. The molecule has 0 fully saturated rings. The largest absolute Gasteiger partial charge is 0.467 e. The number of benzene rings is 3. The van der Waals surface area contributed by atoms with Crippen LogP contribution in [0.4, 0.5) is 5.69 Å². The molecule has 2 atom stereocenters. The van der Waals surface area contributed by atoms with Gasteiger partial charge in [-0.2, -0.15) is 0 Å². The number of aliphatic imine (C=N–C) groups is 1. The van der Waals surface area contributed by atoms with E-state index in [4.69, 9.17) is 27.9 Å². The number of β-amino-alcohol motifs (C(OH)–C–C–N with tert-alkyl or cyclic N) is 1. The molecule has 3 aromatic carbocycles. The Kier molecular flexibility index (Phi) is 11.1. The van der Waals surface area contributed by atoms with Gasteiger partial charge in [0.1, 0.15) is 6.04 Å². The van der Waals surface area contributed by atoms with Crippen molar-refractivity contribution >= 4 is 58.5 Å². The molecule has 3 amide bonds. The van der Waals surface area contributed by atoms with Gasteiger partial charge < -0.3 is 36.4 Å². The molecule has 14 heteroatoms. The lowest BCUT2D eigenvalue weighted by molar-refractivity contribution is -0.142. The molecule has 0 radical (unpaired) electrons. The maximum atomic E-state index is 13.1. The number of anilines is 1. The quantitative estimate of drug-likeness (QED) is 0.183. The number of hydrogen-bond donors (Lipinski definition) is 6. The third kappa shape index (κ3) is 8.69. The average molecular weight is 642 g/mol. The van der Waals surface area contributed by atoms with Crippen molar-refractivity contribution in [3.8, 4) is 11.1 Å². The van der Waals surface area contributed by atoms with Gasteiger partial charge in [-0.15, -0.1) is 0 Å². The lowest BCUT2D eigenvalue weighted by Gasteiger charge is -2.20. The van der Waals surface area contributed by atoms with Crippen LogP contribution in [0.3, 0.4) is 0 Å². The van der Waals surface area contributed by atoms with Crippen LogP contribution >= 0.6 is 23.2 Å². The second-order valence-electron chi connectivity index (χ2n) is 9.65. The van der Waals surface area contributed by atoms with Gasteiger partial charge in [-0.1, -0.05) is 59.6 Å². The second-order valence-corrected chi connectivity index (χ2v) is 10.5. The van der Waals surface area contributed by atoms with Gasteiger partial charge in [-0.25, -0.2) is 4.79 Å². The van der Waals surface area contributed by atoms with Crippen molar-refractivity contribution in [2.24, 2.45) is 4.99 Å². The lowest BCUT2D eigenvalue weighted by Crippen LogP contribution is -2.50. The highest BCUT2D eigenvalue weighted by molar-refractivity contribution is 6.40. The summed E-state index contributed by atoms with van der Waals surface area (Å²) in [4.78, 5) is 54.8. The van der Waals surface area contributed by atoms with Crippen LogP contribution < -0.4 is 26.6 Å². The highest BCUT2D eigenvalue weighted by Gasteiger charge is 2.26. The third-order valence-electron chi connectivity index (χ3n) is 6.43. The highest BCUT2D eigenvalue weighted by atomic mass is 35.5. The normalized spacial score (nSPS) is 14.7. The number of rotatable bonds is 10. The molecule has 0 aromatic heterocycles. The van der Waals surface area contributed by atoms with Gasteiger partial charge in [-0.3, -0.25) is 19.4 Å². The zero-order valence-electron chi connectivity index (χ0n) is 23.5. The molecule has 12 nitrogen and oxygen atoms in total. The van der Waals surface area contributed by atoms with E-state index in [-0.39, 0.29) is 34.3 Å². The highest BCUT2D eigenvalue weighted by Crippen LogP contribution is 2.31. The van der Waals surface area contributed by atoms with Crippen molar-refractivity contribution in [3.05, 3.63) is 87.9 Å². The molecule has 3 aromatic rings. The Hall–Kier alpha value is -4.65. The molecule has 0 spiro atoms. The number of nitrogens with one attached hydrogen (secondary N) is 5. The molecule has 0 unspecified atom stereocenters. The van der Waals surface area contributed by atoms with Crippen molar-refractivity contribution in [3.63, 3.8) is 0 Å². The van der Waals surface area contributed by atoms with Crippen molar-refractivity contribution in [2.45, 2.75) is 12.1 Å². The monoisotopic (exact) mass is 640 g/mol. The summed E-state index contributed by atoms with van der Waals surface area (Å²) in [6, 6.07) is 17.8. The number of aliphatic hydroxyl groups is 1. The molecule has 1 heterocycles. The van der Waals surface area contributed by atoms with Gasteiger partial charge in [0.25, 0.3) is 11.8 Å². The van der Waals surface area contributed by atoms with Crippen molar-refractivity contribution in [1.82, 2.24) is 21.3 Å². The standard InChI is InChI=1S/C30H30Cl2N6O6/c1-44-29(43)24(38-28(42)26-22(31)11-19(12-23(26)32)17-6-3-2-4-7-17)15-33-25(40)16-34-27(41)18-8-5-9-20(10-18)37-30-35-13-21(39)14-36-30/h2-12,21,24,39H,13-16H2,1H3,(H,33,40)(H,34,41)(H,38,42)(H2,35,36,37)/t24-/m0/s1.